The molecule has 3 aromatic rings. The van der Waals surface area contributed by atoms with Crippen LogP contribution in [-0.4, -0.2) is 33.5 Å². The minimum atomic E-state index is -0.0911. The predicted molar refractivity (Wildman–Crippen MR) is 136 cm³/mol. The van der Waals surface area contributed by atoms with Crippen LogP contribution in [0, 0.1) is 17.4 Å². The van der Waals surface area contributed by atoms with E-state index in [4.69, 9.17) is 9.47 Å². The maximum Gasteiger partial charge on any atom is 0.234 e. The number of carbonyl (C=O) groups is 1. The molecule has 1 heterocycles. The number of aromatic nitrogens is 3. The average Bonchev–Trinajstić information content (AvgIpc) is 3.15. The van der Waals surface area contributed by atoms with Crippen LogP contribution < -0.4 is 14.8 Å². The second-order valence-corrected chi connectivity index (χ2v) is 9.20. The maximum atomic E-state index is 12.6. The normalized spacial score (nSPS) is 10.6. The van der Waals surface area contributed by atoms with Gasteiger partial charge in [-0.05, 0) is 84.0 Å². The number of benzene rings is 2. The molecule has 0 unspecified atom stereocenters. The Morgan fingerprint density at radius 3 is 2.47 bits per heavy atom. The van der Waals surface area contributed by atoms with Gasteiger partial charge in [-0.25, -0.2) is 0 Å². The predicted octanol–water partition coefficient (Wildman–Crippen LogP) is 5.00. The molecule has 168 valence electrons. The van der Waals surface area contributed by atoms with Crippen LogP contribution in [0.3, 0.4) is 0 Å². The molecule has 1 amide bonds. The standard InChI is InChI=1S/C23H25IN4O3S/c1-5-10-28-20(13-31-19-8-6-18(30-4)7-9-19)26-27-23(28)32-14-21(29)25-22-15(2)11-17(24)12-16(22)3/h5-9,11-12H,1,10,13-14H2,2-4H3,(H,25,29). The van der Waals surface area contributed by atoms with Crippen LogP contribution in [-0.2, 0) is 17.9 Å². The molecule has 0 spiro atoms. The van der Waals surface area contributed by atoms with Crippen molar-refractivity contribution in [3.63, 3.8) is 0 Å². The van der Waals surface area contributed by atoms with Gasteiger partial charge in [0, 0.05) is 15.8 Å². The lowest BCUT2D eigenvalue weighted by Crippen LogP contribution is -2.16. The largest absolute Gasteiger partial charge is 0.497 e. The highest BCUT2D eigenvalue weighted by Crippen LogP contribution is 2.25. The van der Waals surface area contributed by atoms with Crippen molar-refractivity contribution in [2.75, 3.05) is 18.2 Å². The number of nitrogens with zero attached hydrogens (tertiary/aromatic N) is 3. The molecule has 0 saturated heterocycles. The molecule has 7 nitrogen and oxygen atoms in total. The fraction of sp³-hybridized carbons (Fsp3) is 0.261. The number of allylic oxidation sites excluding steroid dienone is 1. The van der Waals surface area contributed by atoms with Crippen molar-refractivity contribution in [1.82, 2.24) is 14.8 Å². The molecule has 0 fully saturated rings. The lowest BCUT2D eigenvalue weighted by atomic mass is 10.1. The number of hydrogen-bond donors (Lipinski definition) is 1. The molecule has 0 aliphatic heterocycles. The fourth-order valence-electron chi connectivity index (χ4n) is 3.08. The van der Waals surface area contributed by atoms with Crippen LogP contribution in [0.5, 0.6) is 11.5 Å². The number of amides is 1. The summed E-state index contributed by atoms with van der Waals surface area (Å²) in [6.07, 6.45) is 1.77. The monoisotopic (exact) mass is 564 g/mol. The lowest BCUT2D eigenvalue weighted by Gasteiger charge is -2.12. The highest BCUT2D eigenvalue weighted by Gasteiger charge is 2.15. The molecule has 3 rings (SSSR count). The smallest absolute Gasteiger partial charge is 0.234 e. The molecule has 1 N–H and O–H groups in total. The zero-order valence-electron chi connectivity index (χ0n) is 18.2. The summed E-state index contributed by atoms with van der Waals surface area (Å²) >= 11 is 3.61. The van der Waals surface area contributed by atoms with Gasteiger partial charge < -0.3 is 14.8 Å². The number of methoxy groups -OCH3 is 1. The molecule has 0 saturated carbocycles. The Labute approximate surface area is 205 Å². The number of nitrogens with one attached hydrogen (secondary N) is 1. The number of ether oxygens (including phenoxy) is 2. The molecule has 9 heteroatoms. The van der Waals surface area contributed by atoms with Crippen LogP contribution >= 0.6 is 34.4 Å². The number of halogens is 1. The van der Waals surface area contributed by atoms with Crippen molar-refractivity contribution in [2.45, 2.75) is 32.2 Å². The molecular formula is C23H25IN4O3S. The molecule has 2 aromatic carbocycles. The average molecular weight is 564 g/mol. The van der Waals surface area contributed by atoms with Gasteiger partial charge in [0.1, 0.15) is 18.1 Å². The third-order valence-corrected chi connectivity index (χ3v) is 6.22. The van der Waals surface area contributed by atoms with E-state index in [1.807, 2.05) is 54.8 Å². The van der Waals surface area contributed by atoms with E-state index in [1.165, 1.54) is 11.8 Å². The van der Waals surface area contributed by atoms with Crippen LogP contribution in [0.25, 0.3) is 0 Å². The zero-order valence-corrected chi connectivity index (χ0v) is 21.2. The fourth-order valence-corrected chi connectivity index (χ4v) is 4.78. The summed E-state index contributed by atoms with van der Waals surface area (Å²) < 4.78 is 14.0. The third kappa shape index (κ3) is 6.26. The van der Waals surface area contributed by atoms with E-state index in [1.54, 1.807) is 13.2 Å². The molecule has 0 radical (unpaired) electrons. The Hall–Kier alpha value is -2.53. The molecule has 0 aliphatic carbocycles. The summed E-state index contributed by atoms with van der Waals surface area (Å²) in [7, 11) is 1.62. The van der Waals surface area contributed by atoms with Crippen molar-refractivity contribution in [1.29, 1.82) is 0 Å². The summed E-state index contributed by atoms with van der Waals surface area (Å²) in [5.74, 6) is 2.26. The van der Waals surface area contributed by atoms with Gasteiger partial charge in [-0.3, -0.25) is 9.36 Å². The molecule has 32 heavy (non-hydrogen) atoms. The van der Waals surface area contributed by atoms with Crippen LogP contribution in [0.2, 0.25) is 0 Å². The van der Waals surface area contributed by atoms with Crippen LogP contribution in [0.15, 0.2) is 54.2 Å². The Morgan fingerprint density at radius 1 is 1.19 bits per heavy atom. The van der Waals surface area contributed by atoms with E-state index in [-0.39, 0.29) is 18.3 Å². The van der Waals surface area contributed by atoms with Crippen LogP contribution in [0.4, 0.5) is 5.69 Å². The van der Waals surface area contributed by atoms with Gasteiger partial charge in [-0.15, -0.1) is 16.8 Å². The molecule has 0 bridgehead atoms. The molecular weight excluding hydrogens is 539 g/mol. The number of anilines is 1. The second kappa shape index (κ2) is 11.4. The van der Waals surface area contributed by atoms with Gasteiger partial charge in [0.25, 0.3) is 0 Å². The Morgan fingerprint density at radius 2 is 1.84 bits per heavy atom. The van der Waals surface area contributed by atoms with Crippen molar-refractivity contribution in [3.8, 4) is 11.5 Å². The number of carbonyl (C=O) groups excluding carboxylic acids is 1. The molecule has 1 aromatic heterocycles. The number of thioether (sulfide) groups is 1. The highest BCUT2D eigenvalue weighted by molar-refractivity contribution is 14.1. The van der Waals surface area contributed by atoms with Crippen molar-refractivity contribution < 1.29 is 14.3 Å². The van der Waals surface area contributed by atoms with E-state index < -0.39 is 0 Å². The van der Waals surface area contributed by atoms with Gasteiger partial charge >= 0.3 is 0 Å². The summed E-state index contributed by atoms with van der Waals surface area (Å²) in [5.41, 5.74) is 2.94. The quantitative estimate of drug-likeness (QED) is 0.212. The summed E-state index contributed by atoms with van der Waals surface area (Å²) in [6.45, 7) is 8.57. The SMILES string of the molecule is C=CCn1c(COc2ccc(OC)cc2)nnc1SCC(=O)Nc1c(C)cc(I)cc1C. The lowest BCUT2D eigenvalue weighted by molar-refractivity contribution is -0.113. The first-order chi connectivity index (χ1) is 15.4. The van der Waals surface area contributed by atoms with E-state index >= 15 is 0 Å². The minimum Gasteiger partial charge on any atom is -0.497 e. The topological polar surface area (TPSA) is 78.3 Å². The van der Waals surface area contributed by atoms with E-state index in [2.05, 4.69) is 44.7 Å². The van der Waals surface area contributed by atoms with Crippen molar-refractivity contribution in [3.05, 3.63) is 69.6 Å². The number of hydrogen-bond acceptors (Lipinski definition) is 6. The van der Waals surface area contributed by atoms with Gasteiger partial charge in [-0.1, -0.05) is 17.8 Å². The van der Waals surface area contributed by atoms with Gasteiger partial charge in [0.15, 0.2) is 11.0 Å². The number of aryl methyl sites for hydroxylation is 2. The summed E-state index contributed by atoms with van der Waals surface area (Å²) in [4.78, 5) is 12.6. The van der Waals surface area contributed by atoms with Crippen molar-refractivity contribution >= 4 is 45.9 Å². The molecule has 0 atom stereocenters. The first-order valence-corrected chi connectivity index (χ1v) is 12.0. The second-order valence-electron chi connectivity index (χ2n) is 7.01. The Kier molecular flexibility index (Phi) is 8.57. The Bertz CT molecular complexity index is 1080. The number of rotatable bonds is 10. The van der Waals surface area contributed by atoms with Crippen molar-refractivity contribution in [2.24, 2.45) is 0 Å². The third-order valence-electron chi connectivity index (χ3n) is 4.63. The first kappa shape index (κ1) is 24.1. The van der Waals surface area contributed by atoms with E-state index in [9.17, 15) is 4.79 Å². The van der Waals surface area contributed by atoms with Gasteiger partial charge in [0.2, 0.25) is 5.91 Å². The highest BCUT2D eigenvalue weighted by atomic mass is 127. The van der Waals surface area contributed by atoms with Crippen LogP contribution in [0.1, 0.15) is 17.0 Å². The Balaban J connectivity index is 1.63. The minimum absolute atomic E-state index is 0.0911. The van der Waals surface area contributed by atoms with E-state index in [0.717, 1.165) is 26.1 Å². The summed E-state index contributed by atoms with van der Waals surface area (Å²) in [5, 5.41) is 12.2. The first-order valence-electron chi connectivity index (χ1n) is 9.90. The van der Waals surface area contributed by atoms with Gasteiger partial charge in [-0.2, -0.15) is 0 Å². The maximum absolute atomic E-state index is 12.6. The summed E-state index contributed by atoms with van der Waals surface area (Å²) in [6, 6.07) is 11.4. The van der Waals surface area contributed by atoms with Gasteiger partial charge in [0.05, 0.1) is 12.9 Å². The van der Waals surface area contributed by atoms with E-state index in [0.29, 0.717) is 23.3 Å². The zero-order chi connectivity index (χ0) is 23.1. The molecule has 0 aliphatic rings.